The minimum absolute atomic E-state index is 0. The van der Waals surface area contributed by atoms with E-state index in [1.54, 1.807) is 12.1 Å². The van der Waals surface area contributed by atoms with Gasteiger partial charge in [0.25, 0.3) is 0 Å². The number of halogens is 2. The normalized spacial score (nSPS) is 14.8. The van der Waals surface area contributed by atoms with Gasteiger partial charge < -0.3 is 20.1 Å². The average molecular weight is 542 g/mol. The summed E-state index contributed by atoms with van der Waals surface area (Å²) in [7, 11) is 0. The largest absolute Gasteiger partial charge is 0.492 e. The smallest absolute Gasteiger partial charge is 0.194 e. The van der Waals surface area contributed by atoms with Gasteiger partial charge in [0.15, 0.2) is 5.96 Å². The first-order valence-corrected chi connectivity index (χ1v) is 10.5. The maximum Gasteiger partial charge on any atom is 0.194 e. The first kappa shape index (κ1) is 25.4. The molecule has 2 aromatic rings. The van der Waals surface area contributed by atoms with E-state index in [2.05, 4.69) is 22.0 Å². The van der Waals surface area contributed by atoms with Crippen molar-refractivity contribution in [2.75, 3.05) is 45.9 Å². The summed E-state index contributed by atoms with van der Waals surface area (Å²) in [6.07, 6.45) is 0. The van der Waals surface area contributed by atoms with Crippen LogP contribution in [0.2, 0.25) is 0 Å². The number of piperazine rings is 1. The van der Waals surface area contributed by atoms with E-state index in [0.29, 0.717) is 18.7 Å². The van der Waals surface area contributed by atoms with Crippen molar-refractivity contribution in [3.05, 3.63) is 65.5 Å². The number of aliphatic hydroxyl groups is 1. The van der Waals surface area contributed by atoms with Gasteiger partial charge in [-0.2, -0.15) is 0 Å². The van der Waals surface area contributed by atoms with E-state index in [1.165, 1.54) is 6.07 Å². The molecule has 0 saturated carbocycles. The second-order valence-corrected chi connectivity index (χ2v) is 7.24. The van der Waals surface area contributed by atoms with Crippen molar-refractivity contribution in [2.45, 2.75) is 20.1 Å². The molecule has 0 bridgehead atoms. The van der Waals surface area contributed by atoms with Gasteiger partial charge in [-0.25, -0.2) is 9.38 Å². The predicted molar refractivity (Wildman–Crippen MR) is 133 cm³/mol. The Bertz CT molecular complexity index is 814. The van der Waals surface area contributed by atoms with Crippen molar-refractivity contribution in [1.29, 1.82) is 0 Å². The molecule has 2 N–H and O–H groups in total. The van der Waals surface area contributed by atoms with Crippen molar-refractivity contribution in [3.8, 4) is 5.75 Å². The lowest BCUT2D eigenvalue weighted by Gasteiger charge is -2.36. The van der Waals surface area contributed by atoms with Crippen LogP contribution in [0, 0.1) is 5.82 Å². The number of ether oxygens (including phenoxy) is 1. The van der Waals surface area contributed by atoms with E-state index in [-0.39, 0.29) is 36.4 Å². The van der Waals surface area contributed by atoms with E-state index < -0.39 is 0 Å². The van der Waals surface area contributed by atoms with Crippen molar-refractivity contribution >= 4 is 29.9 Å². The molecule has 8 heteroatoms. The van der Waals surface area contributed by atoms with E-state index in [4.69, 9.17) is 9.73 Å². The Labute approximate surface area is 201 Å². The molecule has 0 spiro atoms. The summed E-state index contributed by atoms with van der Waals surface area (Å²) in [5.41, 5.74) is 1.19. The SMILES string of the molecule is CCNC(=NCc1ccc(F)c(CO)c1)N1CCN(CCOc2ccccc2)CC1.I. The molecule has 1 aliphatic heterocycles. The Morgan fingerprint density at radius 1 is 1.13 bits per heavy atom. The van der Waals surface area contributed by atoms with Gasteiger partial charge in [0.1, 0.15) is 18.2 Å². The summed E-state index contributed by atoms with van der Waals surface area (Å²) >= 11 is 0. The third kappa shape index (κ3) is 7.93. The highest BCUT2D eigenvalue weighted by Gasteiger charge is 2.19. The molecule has 0 unspecified atom stereocenters. The van der Waals surface area contributed by atoms with E-state index >= 15 is 0 Å². The molecule has 0 amide bonds. The van der Waals surface area contributed by atoms with Crippen LogP contribution >= 0.6 is 24.0 Å². The maximum atomic E-state index is 13.6. The zero-order valence-corrected chi connectivity index (χ0v) is 20.3. The second kappa shape index (κ2) is 13.5. The van der Waals surface area contributed by atoms with Crippen LogP contribution in [0.25, 0.3) is 0 Å². The number of aliphatic hydroxyl groups excluding tert-OH is 1. The number of guanidine groups is 1. The fraction of sp³-hybridized carbons (Fsp3) is 0.435. The molecule has 0 radical (unpaired) electrons. The molecule has 3 rings (SSSR count). The molecule has 0 aliphatic carbocycles. The quantitative estimate of drug-likeness (QED) is 0.305. The summed E-state index contributed by atoms with van der Waals surface area (Å²) < 4.78 is 19.4. The van der Waals surface area contributed by atoms with Crippen molar-refractivity contribution in [2.24, 2.45) is 4.99 Å². The zero-order valence-electron chi connectivity index (χ0n) is 18.0. The molecule has 1 aliphatic rings. The third-order valence-electron chi connectivity index (χ3n) is 5.12. The number of nitrogens with one attached hydrogen (secondary N) is 1. The molecule has 0 aromatic heterocycles. The van der Waals surface area contributed by atoms with Gasteiger partial charge in [-0.3, -0.25) is 4.90 Å². The minimum atomic E-state index is -0.385. The van der Waals surface area contributed by atoms with E-state index in [0.717, 1.165) is 56.5 Å². The van der Waals surface area contributed by atoms with Crippen LogP contribution in [-0.2, 0) is 13.2 Å². The Morgan fingerprint density at radius 2 is 1.87 bits per heavy atom. The van der Waals surface area contributed by atoms with Gasteiger partial charge in [0.2, 0.25) is 0 Å². The molecular formula is C23H32FIN4O2. The number of hydrogen-bond donors (Lipinski definition) is 2. The molecule has 1 saturated heterocycles. The lowest BCUT2D eigenvalue weighted by atomic mass is 10.1. The number of nitrogens with zero attached hydrogens (tertiary/aromatic N) is 3. The van der Waals surface area contributed by atoms with Crippen LogP contribution in [-0.4, -0.2) is 66.7 Å². The van der Waals surface area contributed by atoms with Crippen LogP contribution in [0.5, 0.6) is 5.75 Å². The summed E-state index contributed by atoms with van der Waals surface area (Å²) in [4.78, 5) is 9.38. The van der Waals surface area contributed by atoms with Gasteiger partial charge in [-0.1, -0.05) is 24.3 Å². The van der Waals surface area contributed by atoms with E-state index in [1.807, 2.05) is 30.3 Å². The number of hydrogen-bond acceptors (Lipinski definition) is 4. The molecule has 0 atom stereocenters. The van der Waals surface area contributed by atoms with Crippen LogP contribution < -0.4 is 10.1 Å². The Balaban J connectivity index is 0.00000341. The van der Waals surface area contributed by atoms with Gasteiger partial charge in [-0.15, -0.1) is 24.0 Å². The lowest BCUT2D eigenvalue weighted by Crippen LogP contribution is -2.53. The minimum Gasteiger partial charge on any atom is -0.492 e. The summed E-state index contributed by atoms with van der Waals surface area (Å²) in [6, 6.07) is 14.7. The second-order valence-electron chi connectivity index (χ2n) is 7.24. The molecule has 2 aromatic carbocycles. The first-order valence-electron chi connectivity index (χ1n) is 10.5. The Hall–Kier alpha value is -1.91. The van der Waals surface area contributed by atoms with Gasteiger partial charge in [0.05, 0.1) is 13.2 Å². The molecular weight excluding hydrogens is 510 g/mol. The number of para-hydroxylation sites is 1. The monoisotopic (exact) mass is 542 g/mol. The summed E-state index contributed by atoms with van der Waals surface area (Å²) in [5.74, 6) is 1.39. The lowest BCUT2D eigenvalue weighted by molar-refractivity contribution is 0.152. The molecule has 6 nitrogen and oxygen atoms in total. The summed E-state index contributed by atoms with van der Waals surface area (Å²) in [5, 5.41) is 12.6. The third-order valence-corrected chi connectivity index (χ3v) is 5.12. The molecule has 31 heavy (non-hydrogen) atoms. The van der Waals surface area contributed by atoms with Gasteiger partial charge >= 0.3 is 0 Å². The maximum absolute atomic E-state index is 13.6. The number of benzene rings is 2. The van der Waals surface area contributed by atoms with Crippen molar-refractivity contribution in [3.63, 3.8) is 0 Å². The van der Waals surface area contributed by atoms with Crippen molar-refractivity contribution in [1.82, 2.24) is 15.1 Å². The highest BCUT2D eigenvalue weighted by atomic mass is 127. The topological polar surface area (TPSA) is 60.3 Å². The number of rotatable bonds is 8. The molecule has 1 fully saturated rings. The van der Waals surface area contributed by atoms with Gasteiger partial charge in [0, 0.05) is 44.8 Å². The highest BCUT2D eigenvalue weighted by Crippen LogP contribution is 2.12. The van der Waals surface area contributed by atoms with Crippen LogP contribution in [0.3, 0.4) is 0 Å². The Kier molecular flexibility index (Phi) is 11.0. The zero-order chi connectivity index (χ0) is 21.2. The predicted octanol–water partition coefficient (Wildman–Crippen LogP) is 3.10. The highest BCUT2D eigenvalue weighted by molar-refractivity contribution is 14.0. The fourth-order valence-electron chi connectivity index (χ4n) is 3.43. The summed E-state index contributed by atoms with van der Waals surface area (Å²) in [6.45, 7) is 8.24. The van der Waals surface area contributed by atoms with Gasteiger partial charge in [-0.05, 0) is 36.8 Å². The molecule has 1 heterocycles. The first-order chi connectivity index (χ1) is 14.7. The Morgan fingerprint density at radius 3 is 2.55 bits per heavy atom. The molecule has 170 valence electrons. The van der Waals surface area contributed by atoms with Crippen molar-refractivity contribution < 1.29 is 14.2 Å². The van der Waals surface area contributed by atoms with E-state index in [9.17, 15) is 9.50 Å². The standard InChI is InChI=1S/C23H31FN4O2.HI/c1-2-25-23(26-17-19-8-9-22(24)20(16-19)18-29)28-12-10-27(11-13-28)14-15-30-21-6-4-3-5-7-21;/h3-9,16,29H,2,10-15,17-18H2,1H3,(H,25,26);1H. The number of aliphatic imine (C=N–C) groups is 1. The fourth-order valence-corrected chi connectivity index (χ4v) is 3.43. The van der Waals surface area contributed by atoms with Crippen LogP contribution in [0.15, 0.2) is 53.5 Å². The van der Waals surface area contributed by atoms with Crippen LogP contribution in [0.4, 0.5) is 4.39 Å². The van der Waals surface area contributed by atoms with Crippen LogP contribution in [0.1, 0.15) is 18.1 Å². The average Bonchev–Trinajstić information content (AvgIpc) is 2.79.